The number of hydrogen-bond acceptors (Lipinski definition) is 4. The van der Waals surface area contributed by atoms with E-state index >= 15 is 0 Å². The number of pyridine rings is 1. The van der Waals surface area contributed by atoms with Gasteiger partial charge in [0.05, 0.1) is 0 Å². The number of rotatable bonds is 3. The van der Waals surface area contributed by atoms with Gasteiger partial charge in [-0.15, -0.1) is 0 Å². The van der Waals surface area contributed by atoms with Gasteiger partial charge in [0.25, 0.3) is 0 Å². The first kappa shape index (κ1) is 15.6. The number of aromatic nitrogens is 1. The van der Waals surface area contributed by atoms with Crippen molar-refractivity contribution < 1.29 is 0 Å². The van der Waals surface area contributed by atoms with Gasteiger partial charge in [-0.05, 0) is 30.7 Å². The van der Waals surface area contributed by atoms with Crippen LogP contribution in [0.25, 0.3) is 0 Å². The first-order valence-electron chi connectivity index (χ1n) is 8.96. The van der Waals surface area contributed by atoms with E-state index in [2.05, 4.69) is 58.1 Å². The molecule has 0 amide bonds. The van der Waals surface area contributed by atoms with Crippen molar-refractivity contribution in [3.63, 3.8) is 0 Å². The lowest BCUT2D eigenvalue weighted by Gasteiger charge is -2.36. The molecule has 0 aliphatic carbocycles. The summed E-state index contributed by atoms with van der Waals surface area (Å²) in [4.78, 5) is 12.2. The first-order valence-corrected chi connectivity index (χ1v) is 8.96. The zero-order valence-electron chi connectivity index (χ0n) is 14.5. The average molecular weight is 322 g/mol. The minimum atomic E-state index is 1.03. The second-order valence-electron chi connectivity index (χ2n) is 7.01. The van der Waals surface area contributed by atoms with Gasteiger partial charge in [-0.1, -0.05) is 30.3 Å². The summed E-state index contributed by atoms with van der Waals surface area (Å²) in [5.41, 5.74) is 4.33. The Hall–Kier alpha value is -1.91. The molecular weight excluding hydrogens is 296 g/mol. The van der Waals surface area contributed by atoms with Crippen LogP contribution in [0.1, 0.15) is 16.7 Å². The Morgan fingerprint density at radius 2 is 1.75 bits per heavy atom. The maximum Gasteiger partial charge on any atom is 0.132 e. The fourth-order valence-corrected chi connectivity index (χ4v) is 3.80. The second-order valence-corrected chi connectivity index (χ2v) is 7.01. The number of likely N-dealkylation sites (N-methyl/N-ethyl adjacent to an activating group) is 1. The Kier molecular flexibility index (Phi) is 4.50. The molecule has 2 aliphatic rings. The topological polar surface area (TPSA) is 22.6 Å². The van der Waals surface area contributed by atoms with Crippen LogP contribution in [0.15, 0.2) is 42.6 Å². The molecule has 3 heterocycles. The molecule has 0 spiro atoms. The zero-order valence-corrected chi connectivity index (χ0v) is 14.5. The molecule has 4 nitrogen and oxygen atoms in total. The van der Waals surface area contributed by atoms with Gasteiger partial charge in [-0.2, -0.15) is 0 Å². The molecule has 0 radical (unpaired) electrons. The lowest BCUT2D eigenvalue weighted by molar-refractivity contribution is 0.245. The minimum absolute atomic E-state index is 1.03. The van der Waals surface area contributed by atoms with Gasteiger partial charge < -0.3 is 9.80 Å². The Balaban J connectivity index is 1.49. The smallest absolute Gasteiger partial charge is 0.132 e. The fourth-order valence-electron chi connectivity index (χ4n) is 3.80. The number of benzene rings is 1. The van der Waals surface area contributed by atoms with Crippen molar-refractivity contribution in [3.8, 4) is 0 Å². The van der Waals surface area contributed by atoms with E-state index in [1.807, 2.05) is 6.20 Å². The van der Waals surface area contributed by atoms with Gasteiger partial charge in [-0.25, -0.2) is 4.98 Å². The van der Waals surface area contributed by atoms with Crippen molar-refractivity contribution in [3.05, 3.63) is 59.3 Å². The Bertz CT molecular complexity index is 677. The van der Waals surface area contributed by atoms with E-state index in [-0.39, 0.29) is 0 Å². The first-order chi connectivity index (χ1) is 11.8. The van der Waals surface area contributed by atoms with Crippen molar-refractivity contribution in [2.24, 2.45) is 0 Å². The van der Waals surface area contributed by atoms with Crippen molar-refractivity contribution in [2.75, 3.05) is 44.7 Å². The molecule has 0 unspecified atom stereocenters. The number of nitrogens with zero attached hydrogens (tertiary/aromatic N) is 4. The van der Waals surface area contributed by atoms with Crippen LogP contribution in [0, 0.1) is 0 Å². The Labute approximate surface area is 144 Å². The molecule has 24 heavy (non-hydrogen) atoms. The van der Waals surface area contributed by atoms with E-state index in [9.17, 15) is 0 Å². The normalized spacial score (nSPS) is 19.3. The van der Waals surface area contributed by atoms with Crippen molar-refractivity contribution in [1.29, 1.82) is 0 Å². The molecule has 0 atom stereocenters. The predicted molar refractivity (Wildman–Crippen MR) is 98.2 cm³/mol. The number of hydrogen-bond donors (Lipinski definition) is 0. The van der Waals surface area contributed by atoms with Crippen molar-refractivity contribution in [1.82, 2.24) is 14.8 Å². The Morgan fingerprint density at radius 1 is 0.958 bits per heavy atom. The SMILES string of the molecule is CN1CCN(c2nccc3c2CCN(Cc2ccccc2)C3)CC1. The molecule has 0 N–H and O–H groups in total. The van der Waals surface area contributed by atoms with Crippen molar-refractivity contribution in [2.45, 2.75) is 19.5 Å². The van der Waals surface area contributed by atoms with Gasteiger partial charge in [0.15, 0.2) is 0 Å². The largest absolute Gasteiger partial charge is 0.354 e. The predicted octanol–water partition coefficient (Wildman–Crippen LogP) is 2.39. The second kappa shape index (κ2) is 6.91. The van der Waals surface area contributed by atoms with Crippen LogP contribution in [-0.2, 0) is 19.5 Å². The molecule has 4 heteroatoms. The van der Waals surface area contributed by atoms with E-state index in [1.165, 1.54) is 22.5 Å². The third kappa shape index (κ3) is 3.30. The summed E-state index contributed by atoms with van der Waals surface area (Å²) < 4.78 is 0. The quantitative estimate of drug-likeness (QED) is 0.865. The van der Waals surface area contributed by atoms with Gasteiger partial charge in [-0.3, -0.25) is 4.90 Å². The van der Waals surface area contributed by atoms with Gasteiger partial charge >= 0.3 is 0 Å². The summed E-state index contributed by atoms with van der Waals surface area (Å²) in [7, 11) is 2.20. The summed E-state index contributed by atoms with van der Waals surface area (Å²) >= 11 is 0. The number of piperazine rings is 1. The van der Waals surface area contributed by atoms with Gasteiger partial charge in [0.1, 0.15) is 5.82 Å². The number of anilines is 1. The van der Waals surface area contributed by atoms with E-state index < -0.39 is 0 Å². The molecular formula is C20H26N4. The Morgan fingerprint density at radius 3 is 2.54 bits per heavy atom. The molecule has 2 aliphatic heterocycles. The number of fused-ring (bicyclic) bond motifs is 1. The van der Waals surface area contributed by atoms with Crippen LogP contribution in [0.4, 0.5) is 5.82 Å². The van der Waals surface area contributed by atoms with Crippen LogP contribution >= 0.6 is 0 Å². The highest BCUT2D eigenvalue weighted by molar-refractivity contribution is 5.52. The van der Waals surface area contributed by atoms with Gasteiger partial charge in [0.2, 0.25) is 0 Å². The average Bonchev–Trinajstić information content (AvgIpc) is 2.63. The molecule has 0 bridgehead atoms. The molecule has 4 rings (SSSR count). The lowest BCUT2D eigenvalue weighted by atomic mass is 9.99. The van der Waals surface area contributed by atoms with Crippen molar-refractivity contribution >= 4 is 5.82 Å². The summed E-state index contributed by atoms with van der Waals surface area (Å²) in [6.07, 6.45) is 3.11. The molecule has 0 saturated carbocycles. The highest BCUT2D eigenvalue weighted by atomic mass is 15.3. The van der Waals surface area contributed by atoms with Crippen LogP contribution in [0.5, 0.6) is 0 Å². The third-order valence-corrected chi connectivity index (χ3v) is 5.25. The standard InChI is InChI=1S/C20H26N4/c1-22-11-13-24(14-12-22)20-19-8-10-23(16-18(19)7-9-21-20)15-17-5-3-2-4-6-17/h2-7,9H,8,10-16H2,1H3. The molecule has 126 valence electrons. The van der Waals surface area contributed by atoms with Crippen LogP contribution < -0.4 is 4.90 Å². The van der Waals surface area contributed by atoms with Gasteiger partial charge in [0, 0.05) is 57.6 Å². The van der Waals surface area contributed by atoms with Crippen LogP contribution in [-0.4, -0.2) is 54.6 Å². The summed E-state index contributed by atoms with van der Waals surface area (Å²) in [6, 6.07) is 13.0. The maximum absolute atomic E-state index is 4.74. The molecule has 1 aromatic heterocycles. The van der Waals surface area contributed by atoms with Crippen LogP contribution in [0.2, 0.25) is 0 Å². The van der Waals surface area contributed by atoms with E-state index in [0.29, 0.717) is 0 Å². The highest BCUT2D eigenvalue weighted by Crippen LogP contribution is 2.28. The fraction of sp³-hybridized carbons (Fsp3) is 0.450. The molecule has 1 aromatic carbocycles. The lowest BCUT2D eigenvalue weighted by Crippen LogP contribution is -2.45. The highest BCUT2D eigenvalue weighted by Gasteiger charge is 2.24. The third-order valence-electron chi connectivity index (χ3n) is 5.25. The maximum atomic E-state index is 4.74. The minimum Gasteiger partial charge on any atom is -0.354 e. The summed E-state index contributed by atoms with van der Waals surface area (Å²) in [5.74, 6) is 1.24. The van der Waals surface area contributed by atoms with E-state index in [4.69, 9.17) is 4.98 Å². The molecule has 1 fully saturated rings. The molecule has 2 aromatic rings. The van der Waals surface area contributed by atoms with E-state index in [0.717, 1.165) is 52.2 Å². The van der Waals surface area contributed by atoms with E-state index in [1.54, 1.807) is 0 Å². The summed E-state index contributed by atoms with van der Waals surface area (Å²) in [6.45, 7) is 7.63. The zero-order chi connectivity index (χ0) is 16.4. The summed E-state index contributed by atoms with van der Waals surface area (Å²) in [5, 5.41) is 0. The molecule has 1 saturated heterocycles. The monoisotopic (exact) mass is 322 g/mol. The van der Waals surface area contributed by atoms with Crippen LogP contribution in [0.3, 0.4) is 0 Å².